The van der Waals surface area contributed by atoms with Gasteiger partial charge in [0.05, 0.1) is 5.69 Å². The summed E-state index contributed by atoms with van der Waals surface area (Å²) in [5.74, 6) is 0.823. The molecule has 0 saturated heterocycles. The van der Waals surface area contributed by atoms with Crippen molar-refractivity contribution in [3.63, 3.8) is 0 Å². The Labute approximate surface area is 203 Å². The van der Waals surface area contributed by atoms with Crippen molar-refractivity contribution >= 4 is 17.5 Å². The number of amides is 1. The van der Waals surface area contributed by atoms with Crippen LogP contribution in [0.5, 0.6) is 0 Å². The zero-order chi connectivity index (χ0) is 23.9. The normalized spacial score (nSPS) is 13.7. The van der Waals surface area contributed by atoms with Crippen LogP contribution in [0.3, 0.4) is 0 Å². The predicted molar refractivity (Wildman–Crippen MR) is 132 cm³/mol. The Kier molecular flexibility index (Phi) is 5.70. The number of benzene rings is 2. The van der Waals surface area contributed by atoms with Gasteiger partial charge in [0.1, 0.15) is 5.69 Å². The van der Waals surface area contributed by atoms with E-state index in [-0.39, 0.29) is 5.69 Å². The van der Waals surface area contributed by atoms with Crippen LogP contribution in [-0.2, 0) is 11.8 Å². The van der Waals surface area contributed by atoms with Crippen molar-refractivity contribution in [2.45, 2.75) is 44.4 Å². The number of primary amides is 1. The lowest BCUT2D eigenvalue weighted by atomic mass is 9.79. The summed E-state index contributed by atoms with van der Waals surface area (Å²) in [5.41, 5.74) is 10.1. The molecule has 4 aromatic rings. The molecule has 1 saturated carbocycles. The highest BCUT2D eigenvalue weighted by molar-refractivity contribution is 6.30. The lowest BCUT2D eigenvalue weighted by Crippen LogP contribution is -2.28. The third kappa shape index (κ3) is 4.46. The van der Waals surface area contributed by atoms with Gasteiger partial charge in [-0.2, -0.15) is 0 Å². The molecule has 2 aromatic heterocycles. The van der Waals surface area contributed by atoms with Crippen molar-refractivity contribution in [1.82, 2.24) is 15.2 Å². The summed E-state index contributed by atoms with van der Waals surface area (Å²) < 4.78 is 5.95. The van der Waals surface area contributed by atoms with Crippen LogP contribution < -0.4 is 5.73 Å². The van der Waals surface area contributed by atoms with Gasteiger partial charge in [-0.05, 0) is 54.2 Å². The van der Waals surface area contributed by atoms with Crippen molar-refractivity contribution in [2.24, 2.45) is 5.73 Å². The number of nitrogens with two attached hydrogens (primary N) is 1. The first-order chi connectivity index (χ1) is 16.3. The van der Waals surface area contributed by atoms with Gasteiger partial charge >= 0.3 is 0 Å². The van der Waals surface area contributed by atoms with E-state index in [2.05, 4.69) is 16.3 Å². The fraction of sp³-hybridized carbons (Fsp3) is 0.259. The van der Waals surface area contributed by atoms with E-state index < -0.39 is 11.3 Å². The van der Waals surface area contributed by atoms with Crippen molar-refractivity contribution in [3.05, 3.63) is 88.4 Å². The van der Waals surface area contributed by atoms with Crippen LogP contribution in [0.4, 0.5) is 0 Å². The second kappa shape index (κ2) is 8.69. The fourth-order valence-corrected chi connectivity index (χ4v) is 4.40. The number of rotatable bonds is 7. The van der Waals surface area contributed by atoms with Gasteiger partial charge in [0, 0.05) is 28.0 Å². The molecule has 0 bridgehead atoms. The largest absolute Gasteiger partial charge is 0.421 e. The summed E-state index contributed by atoms with van der Waals surface area (Å²) in [6.07, 6.45) is 2.64. The lowest BCUT2D eigenvalue weighted by molar-refractivity contribution is 0.0993. The molecule has 2 heterocycles. The molecule has 6 nitrogen and oxygen atoms in total. The molecule has 2 N–H and O–H groups in total. The van der Waals surface area contributed by atoms with Crippen LogP contribution in [-0.4, -0.2) is 21.1 Å². The first-order valence-electron chi connectivity index (χ1n) is 11.3. The molecule has 5 rings (SSSR count). The van der Waals surface area contributed by atoms with E-state index in [9.17, 15) is 4.79 Å². The minimum absolute atomic E-state index is 0.266. The molecule has 1 amide bonds. The summed E-state index contributed by atoms with van der Waals surface area (Å²) in [6, 6.07) is 19.3. The van der Waals surface area contributed by atoms with Crippen molar-refractivity contribution in [3.8, 4) is 22.7 Å². The third-order valence-electron chi connectivity index (χ3n) is 6.23. The number of carbonyl (C=O) groups is 1. The van der Waals surface area contributed by atoms with Gasteiger partial charge in [-0.15, -0.1) is 10.2 Å². The number of carbonyl (C=O) groups excluding carboxylic acids is 1. The van der Waals surface area contributed by atoms with Gasteiger partial charge in [-0.3, -0.25) is 4.79 Å². The predicted octanol–water partition coefficient (Wildman–Crippen LogP) is 5.95. The van der Waals surface area contributed by atoms with E-state index in [1.54, 1.807) is 0 Å². The number of halogens is 1. The van der Waals surface area contributed by atoms with E-state index in [0.29, 0.717) is 29.1 Å². The smallest absolute Gasteiger partial charge is 0.267 e. The number of aromatic nitrogens is 3. The fourth-order valence-electron chi connectivity index (χ4n) is 4.27. The monoisotopic (exact) mass is 472 g/mol. The Hall–Kier alpha value is -3.51. The summed E-state index contributed by atoms with van der Waals surface area (Å²) in [7, 11) is 0. The van der Waals surface area contributed by atoms with E-state index in [0.717, 1.165) is 40.8 Å². The maximum Gasteiger partial charge on any atom is 0.267 e. The number of hydrogen-bond acceptors (Lipinski definition) is 5. The highest BCUT2D eigenvalue weighted by Gasteiger charge is 2.34. The minimum atomic E-state index is -0.559. The summed E-state index contributed by atoms with van der Waals surface area (Å²) in [5, 5.41) is 9.11. The molecular weight excluding hydrogens is 448 g/mol. The summed E-state index contributed by atoms with van der Waals surface area (Å²) in [4.78, 5) is 17.3. The summed E-state index contributed by atoms with van der Waals surface area (Å²) >= 11 is 6.08. The van der Waals surface area contributed by atoms with Crippen LogP contribution in [0.15, 0.2) is 65.1 Å². The second-order valence-electron chi connectivity index (χ2n) is 9.40. The zero-order valence-corrected chi connectivity index (χ0v) is 19.8. The molecule has 2 aromatic carbocycles. The maximum atomic E-state index is 12.5. The Bertz CT molecular complexity index is 1340. The van der Waals surface area contributed by atoms with Gasteiger partial charge in [0.2, 0.25) is 11.8 Å². The average molecular weight is 473 g/mol. The minimum Gasteiger partial charge on any atom is -0.421 e. The summed E-state index contributed by atoms with van der Waals surface area (Å²) in [6.45, 7) is 4.09. The van der Waals surface area contributed by atoms with Crippen LogP contribution in [0.2, 0.25) is 5.02 Å². The highest BCUT2D eigenvalue weighted by atomic mass is 35.5. The number of hydrogen-bond donors (Lipinski definition) is 1. The molecule has 34 heavy (non-hydrogen) atoms. The Morgan fingerprint density at radius 2 is 1.76 bits per heavy atom. The standard InChI is InChI=1S/C27H25ClN4O2/c1-27(2,15-22-31-32-26(34-22)18-6-4-3-5-7-18)21-14-20(16-8-9-16)23(30-24(21)25(29)33)17-10-12-19(28)13-11-17/h3-7,10-14,16H,8-9,15H2,1-2H3,(H2,29,33). The Morgan fingerprint density at radius 1 is 1.06 bits per heavy atom. The Morgan fingerprint density at radius 3 is 2.41 bits per heavy atom. The molecule has 1 aliphatic carbocycles. The molecule has 0 unspecified atom stereocenters. The molecular formula is C27H25ClN4O2. The van der Waals surface area contributed by atoms with Gasteiger partial charge in [0.25, 0.3) is 5.91 Å². The van der Waals surface area contributed by atoms with Gasteiger partial charge < -0.3 is 10.2 Å². The van der Waals surface area contributed by atoms with E-state index >= 15 is 0 Å². The van der Waals surface area contributed by atoms with Crippen molar-refractivity contribution < 1.29 is 9.21 Å². The Balaban J connectivity index is 1.54. The van der Waals surface area contributed by atoms with Crippen molar-refractivity contribution in [1.29, 1.82) is 0 Å². The van der Waals surface area contributed by atoms with Crippen molar-refractivity contribution in [2.75, 3.05) is 0 Å². The molecule has 172 valence electrons. The van der Waals surface area contributed by atoms with E-state index in [1.165, 1.54) is 0 Å². The van der Waals surface area contributed by atoms with Crippen LogP contribution in [0.1, 0.15) is 60.1 Å². The third-order valence-corrected chi connectivity index (χ3v) is 6.48. The first-order valence-corrected chi connectivity index (χ1v) is 11.7. The molecule has 0 atom stereocenters. The molecule has 0 spiro atoms. The molecule has 1 aliphatic rings. The maximum absolute atomic E-state index is 12.5. The molecule has 1 fully saturated rings. The zero-order valence-electron chi connectivity index (χ0n) is 19.1. The number of nitrogens with zero attached hydrogens (tertiary/aromatic N) is 3. The van der Waals surface area contributed by atoms with Gasteiger partial charge in [0.15, 0.2) is 0 Å². The molecule has 7 heteroatoms. The van der Waals surface area contributed by atoms with Gasteiger partial charge in [-0.1, -0.05) is 61.8 Å². The molecule has 0 radical (unpaired) electrons. The van der Waals surface area contributed by atoms with Crippen LogP contribution in [0, 0.1) is 0 Å². The average Bonchev–Trinajstić information content (AvgIpc) is 3.58. The SMILES string of the molecule is CC(C)(Cc1nnc(-c2ccccc2)o1)c1cc(C2CC2)c(-c2ccc(Cl)cc2)nc1C(N)=O. The first kappa shape index (κ1) is 22.3. The van der Waals surface area contributed by atoms with E-state index in [4.69, 9.17) is 26.7 Å². The quantitative estimate of drug-likeness (QED) is 0.358. The van der Waals surface area contributed by atoms with E-state index in [1.807, 2.05) is 68.4 Å². The lowest BCUT2D eigenvalue weighted by Gasteiger charge is -2.27. The van der Waals surface area contributed by atoms with Crippen LogP contribution >= 0.6 is 11.6 Å². The highest BCUT2D eigenvalue weighted by Crippen LogP contribution is 2.46. The second-order valence-corrected chi connectivity index (χ2v) is 9.83. The molecule has 0 aliphatic heterocycles. The van der Waals surface area contributed by atoms with Gasteiger partial charge in [-0.25, -0.2) is 4.98 Å². The topological polar surface area (TPSA) is 94.9 Å². The number of pyridine rings is 1. The van der Waals surface area contributed by atoms with Crippen LogP contribution in [0.25, 0.3) is 22.7 Å².